The highest BCUT2D eigenvalue weighted by atomic mass is 32.1. The summed E-state index contributed by atoms with van der Waals surface area (Å²) >= 11 is 1.64. The summed E-state index contributed by atoms with van der Waals surface area (Å²) in [4.78, 5) is 10.0. The van der Waals surface area contributed by atoms with Crippen LogP contribution in [0.4, 0.5) is 5.82 Å². The van der Waals surface area contributed by atoms with Crippen molar-refractivity contribution in [3.8, 4) is 28.0 Å². The van der Waals surface area contributed by atoms with Crippen LogP contribution < -0.4 is 10.1 Å². The zero-order valence-electron chi connectivity index (χ0n) is 17.1. The van der Waals surface area contributed by atoms with E-state index in [2.05, 4.69) is 81.3 Å². The van der Waals surface area contributed by atoms with Crippen LogP contribution in [0.5, 0.6) is 5.75 Å². The lowest BCUT2D eigenvalue weighted by Crippen LogP contribution is -2.02. The minimum absolute atomic E-state index is 0.679. The maximum absolute atomic E-state index is 5.24. The minimum Gasteiger partial charge on any atom is -0.497 e. The third kappa shape index (κ3) is 4.00. The third-order valence-electron chi connectivity index (χ3n) is 5.29. The lowest BCUT2D eigenvalue weighted by Gasteiger charge is -2.10. The molecule has 2 aromatic heterocycles. The molecule has 31 heavy (non-hydrogen) atoms. The number of fused-ring (bicyclic) bond motifs is 1. The molecule has 4 nitrogen and oxygen atoms in total. The highest BCUT2D eigenvalue weighted by Crippen LogP contribution is 2.37. The molecule has 0 saturated heterocycles. The summed E-state index contributed by atoms with van der Waals surface area (Å²) in [5.74, 6) is 1.71. The highest BCUT2D eigenvalue weighted by Gasteiger charge is 2.13. The van der Waals surface area contributed by atoms with Crippen LogP contribution >= 0.6 is 11.3 Å². The summed E-state index contributed by atoms with van der Waals surface area (Å²) in [6, 6.07) is 27.2. The Bertz CT molecular complexity index is 1300. The van der Waals surface area contributed by atoms with Crippen molar-refractivity contribution in [2.45, 2.75) is 6.54 Å². The fraction of sp³-hybridized carbons (Fsp3) is 0.0769. The predicted octanol–water partition coefficient (Wildman–Crippen LogP) is 6.65. The van der Waals surface area contributed by atoms with Gasteiger partial charge in [-0.1, -0.05) is 66.7 Å². The largest absolute Gasteiger partial charge is 0.497 e. The molecule has 3 aromatic carbocycles. The molecule has 0 unspecified atom stereocenters. The summed E-state index contributed by atoms with van der Waals surface area (Å²) in [6.45, 7) is 0.679. The van der Waals surface area contributed by atoms with Gasteiger partial charge in [-0.05, 0) is 34.4 Å². The van der Waals surface area contributed by atoms with E-state index in [0.717, 1.165) is 38.5 Å². The van der Waals surface area contributed by atoms with Crippen molar-refractivity contribution in [3.05, 3.63) is 96.1 Å². The van der Waals surface area contributed by atoms with Gasteiger partial charge in [0.2, 0.25) is 0 Å². The number of methoxy groups -OCH3 is 1. The SMILES string of the molecule is COc1ccc(CNc2ncnc3scc(-c4ccc(-c5ccccc5)cc4)c23)cc1. The van der Waals surface area contributed by atoms with Crippen molar-refractivity contribution >= 4 is 27.4 Å². The van der Waals surface area contributed by atoms with Crippen molar-refractivity contribution in [2.24, 2.45) is 0 Å². The van der Waals surface area contributed by atoms with E-state index in [1.165, 1.54) is 11.1 Å². The zero-order valence-corrected chi connectivity index (χ0v) is 17.9. The van der Waals surface area contributed by atoms with Crippen molar-refractivity contribution < 1.29 is 4.74 Å². The first-order valence-electron chi connectivity index (χ1n) is 10.1. The van der Waals surface area contributed by atoms with E-state index in [4.69, 9.17) is 4.74 Å². The van der Waals surface area contributed by atoms with E-state index in [-0.39, 0.29) is 0 Å². The molecule has 0 bridgehead atoms. The molecule has 1 N–H and O–H groups in total. The highest BCUT2D eigenvalue weighted by molar-refractivity contribution is 7.17. The summed E-state index contributed by atoms with van der Waals surface area (Å²) in [6.07, 6.45) is 1.62. The molecule has 5 heteroatoms. The molecule has 0 aliphatic heterocycles. The molecule has 0 saturated carbocycles. The number of ether oxygens (including phenoxy) is 1. The third-order valence-corrected chi connectivity index (χ3v) is 6.18. The van der Waals surface area contributed by atoms with E-state index in [0.29, 0.717) is 6.54 Å². The minimum atomic E-state index is 0.679. The Morgan fingerprint density at radius 1 is 0.806 bits per heavy atom. The van der Waals surface area contributed by atoms with Crippen molar-refractivity contribution in [2.75, 3.05) is 12.4 Å². The Hall–Kier alpha value is -3.70. The predicted molar refractivity (Wildman–Crippen MR) is 129 cm³/mol. The fourth-order valence-electron chi connectivity index (χ4n) is 3.62. The van der Waals surface area contributed by atoms with Gasteiger partial charge in [0.05, 0.1) is 12.5 Å². The van der Waals surface area contributed by atoms with Crippen LogP contribution in [0.25, 0.3) is 32.5 Å². The quantitative estimate of drug-likeness (QED) is 0.332. The van der Waals surface area contributed by atoms with Gasteiger partial charge < -0.3 is 10.1 Å². The Kier molecular flexibility index (Phi) is 5.33. The Morgan fingerprint density at radius 3 is 2.26 bits per heavy atom. The topological polar surface area (TPSA) is 47.0 Å². The smallest absolute Gasteiger partial charge is 0.139 e. The molecule has 0 aliphatic carbocycles. The molecule has 0 radical (unpaired) electrons. The maximum Gasteiger partial charge on any atom is 0.139 e. The van der Waals surface area contributed by atoms with E-state index in [1.54, 1.807) is 24.8 Å². The first-order valence-corrected chi connectivity index (χ1v) is 10.9. The molecule has 5 rings (SSSR count). The number of nitrogens with zero attached hydrogens (tertiary/aromatic N) is 2. The van der Waals surface area contributed by atoms with Gasteiger partial charge >= 0.3 is 0 Å². The second kappa shape index (κ2) is 8.58. The van der Waals surface area contributed by atoms with Crippen molar-refractivity contribution in [3.63, 3.8) is 0 Å². The van der Waals surface area contributed by atoms with Crippen LogP contribution in [0.3, 0.4) is 0 Å². The standard InChI is InChI=1S/C26H21N3OS/c1-30-22-13-7-18(8-14-22)15-27-25-24-23(16-31-26(24)29-17-28-25)21-11-9-20(10-12-21)19-5-3-2-4-6-19/h2-14,16-17H,15H2,1H3,(H,27,28,29). The fourth-order valence-corrected chi connectivity index (χ4v) is 4.54. The number of hydrogen-bond donors (Lipinski definition) is 1. The van der Waals surface area contributed by atoms with Gasteiger partial charge in [0.15, 0.2) is 0 Å². The lowest BCUT2D eigenvalue weighted by molar-refractivity contribution is 0.414. The Balaban J connectivity index is 1.44. The molecular formula is C26H21N3OS. The Morgan fingerprint density at radius 2 is 1.52 bits per heavy atom. The van der Waals surface area contributed by atoms with Crippen LogP contribution in [-0.4, -0.2) is 17.1 Å². The number of aromatic nitrogens is 2. The number of thiophene rings is 1. The van der Waals surface area contributed by atoms with Gasteiger partial charge in [-0.15, -0.1) is 11.3 Å². The molecule has 0 spiro atoms. The Labute approximate surface area is 185 Å². The van der Waals surface area contributed by atoms with Gasteiger partial charge in [0.25, 0.3) is 0 Å². The molecule has 0 amide bonds. The number of rotatable bonds is 6. The average molecular weight is 424 g/mol. The number of benzene rings is 3. The van der Waals surface area contributed by atoms with E-state index in [9.17, 15) is 0 Å². The molecule has 0 aliphatic rings. The van der Waals surface area contributed by atoms with Crippen LogP contribution in [0.15, 0.2) is 90.6 Å². The lowest BCUT2D eigenvalue weighted by atomic mass is 10.0. The molecule has 0 atom stereocenters. The van der Waals surface area contributed by atoms with Gasteiger partial charge in [-0.25, -0.2) is 9.97 Å². The van der Waals surface area contributed by atoms with Crippen LogP contribution in [0.1, 0.15) is 5.56 Å². The number of anilines is 1. The molecular weight excluding hydrogens is 402 g/mol. The monoisotopic (exact) mass is 423 g/mol. The van der Waals surface area contributed by atoms with E-state index in [1.807, 2.05) is 18.2 Å². The van der Waals surface area contributed by atoms with E-state index < -0.39 is 0 Å². The number of hydrogen-bond acceptors (Lipinski definition) is 5. The van der Waals surface area contributed by atoms with Gasteiger partial charge in [0, 0.05) is 17.5 Å². The zero-order chi connectivity index (χ0) is 21.0. The summed E-state index contributed by atoms with van der Waals surface area (Å²) < 4.78 is 5.24. The van der Waals surface area contributed by atoms with Crippen LogP contribution in [-0.2, 0) is 6.54 Å². The second-order valence-corrected chi connectivity index (χ2v) is 8.05. The normalized spacial score (nSPS) is 10.9. The van der Waals surface area contributed by atoms with Crippen LogP contribution in [0.2, 0.25) is 0 Å². The summed E-state index contributed by atoms with van der Waals surface area (Å²) in [5.41, 5.74) is 5.90. The van der Waals surface area contributed by atoms with Crippen molar-refractivity contribution in [1.29, 1.82) is 0 Å². The average Bonchev–Trinajstić information content (AvgIpc) is 3.29. The van der Waals surface area contributed by atoms with Gasteiger partial charge in [0.1, 0.15) is 22.7 Å². The maximum atomic E-state index is 5.24. The van der Waals surface area contributed by atoms with Gasteiger partial charge in [-0.2, -0.15) is 0 Å². The van der Waals surface area contributed by atoms with E-state index >= 15 is 0 Å². The molecule has 5 aromatic rings. The number of nitrogens with one attached hydrogen (secondary N) is 1. The second-order valence-electron chi connectivity index (χ2n) is 7.20. The first kappa shape index (κ1) is 19.3. The summed E-state index contributed by atoms with van der Waals surface area (Å²) in [5, 5.41) is 6.72. The first-order chi connectivity index (χ1) is 15.3. The van der Waals surface area contributed by atoms with Crippen molar-refractivity contribution in [1.82, 2.24) is 9.97 Å². The van der Waals surface area contributed by atoms with Crippen LogP contribution in [0, 0.1) is 0 Å². The molecule has 152 valence electrons. The summed E-state index contributed by atoms with van der Waals surface area (Å²) in [7, 11) is 1.68. The van der Waals surface area contributed by atoms with Gasteiger partial charge in [-0.3, -0.25) is 0 Å². The molecule has 2 heterocycles. The molecule has 0 fully saturated rings.